The highest BCUT2D eigenvalue weighted by Gasteiger charge is 2.44. The van der Waals surface area contributed by atoms with Crippen LogP contribution in [-0.2, 0) is 14.3 Å². The van der Waals surface area contributed by atoms with Gasteiger partial charge in [0.05, 0.1) is 25.4 Å². The van der Waals surface area contributed by atoms with Crippen LogP contribution < -0.4 is 5.32 Å². The summed E-state index contributed by atoms with van der Waals surface area (Å²) in [6.45, 7) is 3.40. The molecule has 1 aliphatic rings. The van der Waals surface area contributed by atoms with Crippen molar-refractivity contribution < 1.29 is 50.0 Å². The highest BCUT2D eigenvalue weighted by atomic mass is 16.7. The second-order valence-electron chi connectivity index (χ2n) is 16.8. The Bertz CT molecular complexity index is 997. The summed E-state index contributed by atoms with van der Waals surface area (Å²) < 4.78 is 11.1. The van der Waals surface area contributed by atoms with Crippen LogP contribution in [0, 0.1) is 0 Å². The first-order chi connectivity index (χ1) is 28.2. The quantitative estimate of drug-likeness (QED) is 0.0224. The molecular formula is C47H89NO10. The van der Waals surface area contributed by atoms with E-state index in [2.05, 4.69) is 43.5 Å². The number of carbonyl (C=O) groups is 1. The maximum atomic E-state index is 13.0. The number of carbonyl (C=O) groups excluding carboxylic acids is 1. The number of unbranched alkanes of at least 4 members (excludes halogenated alkanes) is 23. The first-order valence-electron chi connectivity index (χ1n) is 23.7. The van der Waals surface area contributed by atoms with Gasteiger partial charge in [0.1, 0.15) is 36.6 Å². The molecule has 1 rings (SSSR count). The Morgan fingerprint density at radius 3 is 1.48 bits per heavy atom. The van der Waals surface area contributed by atoms with Crippen molar-refractivity contribution in [2.45, 2.75) is 255 Å². The number of aliphatic hydroxyl groups excluding tert-OH is 7. The number of allylic oxidation sites excluding steroid dienone is 4. The Morgan fingerprint density at radius 2 is 1.02 bits per heavy atom. The minimum absolute atomic E-state index is 0.224. The Morgan fingerprint density at radius 1 is 0.586 bits per heavy atom. The van der Waals surface area contributed by atoms with Crippen molar-refractivity contribution >= 4 is 5.91 Å². The highest BCUT2D eigenvalue weighted by Crippen LogP contribution is 2.23. The monoisotopic (exact) mass is 828 g/mol. The molecule has 11 heteroatoms. The molecule has 0 bridgehead atoms. The predicted molar refractivity (Wildman–Crippen MR) is 233 cm³/mol. The molecule has 9 unspecified atom stereocenters. The highest BCUT2D eigenvalue weighted by molar-refractivity contribution is 5.80. The molecule has 0 spiro atoms. The molecule has 1 fully saturated rings. The van der Waals surface area contributed by atoms with E-state index in [-0.39, 0.29) is 12.8 Å². The molecule has 1 heterocycles. The number of hydrogen-bond acceptors (Lipinski definition) is 10. The molecule has 58 heavy (non-hydrogen) atoms. The lowest BCUT2D eigenvalue weighted by atomic mass is 9.98. The molecule has 9 atom stereocenters. The van der Waals surface area contributed by atoms with Crippen LogP contribution in [0.25, 0.3) is 0 Å². The van der Waals surface area contributed by atoms with Gasteiger partial charge in [0.2, 0.25) is 5.91 Å². The Labute approximate surface area is 353 Å². The minimum atomic E-state index is -1.67. The maximum Gasteiger partial charge on any atom is 0.249 e. The van der Waals surface area contributed by atoms with Crippen molar-refractivity contribution in [1.82, 2.24) is 5.32 Å². The molecule has 1 saturated heterocycles. The summed E-state index contributed by atoms with van der Waals surface area (Å²) in [5.74, 6) is -0.723. The normalized spacial score (nSPS) is 22.1. The lowest BCUT2D eigenvalue weighted by Gasteiger charge is -2.40. The third-order valence-electron chi connectivity index (χ3n) is 11.5. The molecule has 0 saturated carbocycles. The van der Waals surface area contributed by atoms with Crippen LogP contribution in [0.4, 0.5) is 0 Å². The Hall–Kier alpha value is -1.41. The van der Waals surface area contributed by atoms with Gasteiger partial charge in [-0.05, 0) is 64.2 Å². The molecule has 1 aliphatic heterocycles. The zero-order valence-corrected chi connectivity index (χ0v) is 36.8. The fourth-order valence-corrected chi connectivity index (χ4v) is 7.49. The van der Waals surface area contributed by atoms with Gasteiger partial charge in [-0.2, -0.15) is 0 Å². The summed E-state index contributed by atoms with van der Waals surface area (Å²) in [6.07, 6.45) is 29.5. The van der Waals surface area contributed by atoms with Crippen LogP contribution in [-0.4, -0.2) is 110 Å². The van der Waals surface area contributed by atoms with Gasteiger partial charge in [-0.3, -0.25) is 4.79 Å². The van der Waals surface area contributed by atoms with E-state index >= 15 is 0 Å². The molecule has 342 valence electrons. The van der Waals surface area contributed by atoms with Crippen LogP contribution >= 0.6 is 0 Å². The summed E-state index contributed by atoms with van der Waals surface area (Å²) >= 11 is 0. The smallest absolute Gasteiger partial charge is 0.249 e. The van der Waals surface area contributed by atoms with Gasteiger partial charge in [-0.1, -0.05) is 160 Å². The van der Waals surface area contributed by atoms with E-state index in [0.717, 1.165) is 38.5 Å². The van der Waals surface area contributed by atoms with E-state index in [1.165, 1.54) is 122 Å². The van der Waals surface area contributed by atoms with Crippen LogP contribution in [0.3, 0.4) is 0 Å². The largest absolute Gasteiger partial charge is 0.394 e. The average Bonchev–Trinajstić information content (AvgIpc) is 3.22. The molecule has 0 radical (unpaired) electrons. The van der Waals surface area contributed by atoms with E-state index in [0.29, 0.717) is 12.8 Å². The molecule has 0 aromatic heterocycles. The van der Waals surface area contributed by atoms with Crippen molar-refractivity contribution in [2.24, 2.45) is 0 Å². The van der Waals surface area contributed by atoms with Crippen molar-refractivity contribution in [3.8, 4) is 0 Å². The van der Waals surface area contributed by atoms with Gasteiger partial charge in [0, 0.05) is 0 Å². The molecule has 0 aliphatic carbocycles. The minimum Gasteiger partial charge on any atom is -0.394 e. The van der Waals surface area contributed by atoms with E-state index in [1.807, 2.05) is 0 Å². The van der Waals surface area contributed by atoms with Crippen LogP contribution in [0.1, 0.15) is 200 Å². The number of nitrogens with one attached hydrogen (secondary N) is 1. The summed E-state index contributed by atoms with van der Waals surface area (Å²) in [5, 5.41) is 75.6. The summed E-state index contributed by atoms with van der Waals surface area (Å²) in [5.41, 5.74) is 0. The van der Waals surface area contributed by atoms with Gasteiger partial charge < -0.3 is 50.5 Å². The average molecular weight is 828 g/mol. The molecule has 11 nitrogen and oxygen atoms in total. The maximum absolute atomic E-state index is 13.0. The van der Waals surface area contributed by atoms with Crippen molar-refractivity contribution in [2.75, 3.05) is 13.2 Å². The van der Waals surface area contributed by atoms with E-state index in [9.17, 15) is 40.5 Å². The predicted octanol–water partition coefficient (Wildman–Crippen LogP) is 7.84. The summed E-state index contributed by atoms with van der Waals surface area (Å²) in [4.78, 5) is 13.0. The number of rotatable bonds is 39. The molecule has 8 N–H and O–H groups in total. The van der Waals surface area contributed by atoms with E-state index in [1.54, 1.807) is 0 Å². The molecule has 0 aromatic rings. The number of aliphatic hydroxyl groups is 7. The zero-order chi connectivity index (χ0) is 42.6. The van der Waals surface area contributed by atoms with Crippen molar-refractivity contribution in [3.05, 3.63) is 24.3 Å². The Balaban J connectivity index is 2.46. The summed E-state index contributed by atoms with van der Waals surface area (Å²) in [6, 6.07) is -1.19. The first-order valence-corrected chi connectivity index (χ1v) is 23.7. The van der Waals surface area contributed by atoms with Gasteiger partial charge in [-0.15, -0.1) is 0 Å². The Kier molecular flexibility index (Phi) is 35.2. The zero-order valence-electron chi connectivity index (χ0n) is 36.8. The third kappa shape index (κ3) is 26.7. The fraction of sp³-hybridized carbons (Fsp3) is 0.894. The number of ether oxygens (including phenoxy) is 2. The van der Waals surface area contributed by atoms with E-state index in [4.69, 9.17) is 9.47 Å². The van der Waals surface area contributed by atoms with Gasteiger partial charge in [0.15, 0.2) is 6.29 Å². The van der Waals surface area contributed by atoms with Crippen LogP contribution in [0.15, 0.2) is 24.3 Å². The fourth-order valence-electron chi connectivity index (χ4n) is 7.49. The number of hydrogen-bond donors (Lipinski definition) is 8. The lowest BCUT2D eigenvalue weighted by molar-refractivity contribution is -0.303. The first kappa shape index (κ1) is 54.6. The molecule has 1 amide bonds. The lowest BCUT2D eigenvalue weighted by Crippen LogP contribution is -2.60. The number of amides is 1. The van der Waals surface area contributed by atoms with Gasteiger partial charge >= 0.3 is 0 Å². The third-order valence-corrected chi connectivity index (χ3v) is 11.5. The topological polar surface area (TPSA) is 189 Å². The van der Waals surface area contributed by atoms with Crippen molar-refractivity contribution in [1.29, 1.82) is 0 Å². The second-order valence-corrected chi connectivity index (χ2v) is 16.8. The van der Waals surface area contributed by atoms with Crippen molar-refractivity contribution in [3.63, 3.8) is 0 Å². The molecular weight excluding hydrogens is 739 g/mol. The SMILES string of the molecule is CCCCCCCC/C=C\CCCCC(O)C(=O)NC(COC1OC(CO)C(O)C(O)C1O)C(O)C(O)CCC/C=C/CCCCCCCCCCCCCCCC. The summed E-state index contributed by atoms with van der Waals surface area (Å²) in [7, 11) is 0. The van der Waals surface area contributed by atoms with E-state index < -0.39 is 74.2 Å². The van der Waals surface area contributed by atoms with Gasteiger partial charge in [-0.25, -0.2) is 0 Å². The standard InChI is InChI=1S/C47H89NO10/c1-3-5-7-9-11-13-15-17-18-19-20-21-22-23-25-26-28-30-32-34-39(50)42(52)38(37-57-47-45(55)44(54)43(53)41(36-49)58-47)48-46(56)40(51)35-33-31-29-27-24-16-14-12-10-8-6-4-2/h24,26-28,38-45,47,49-55H,3-23,25,29-37H2,1-2H3,(H,48,56)/b27-24-,28-26+. The van der Waals surface area contributed by atoms with Gasteiger partial charge in [0.25, 0.3) is 0 Å². The van der Waals surface area contributed by atoms with Crippen LogP contribution in [0.5, 0.6) is 0 Å². The second kappa shape index (κ2) is 37.4. The van der Waals surface area contributed by atoms with Crippen LogP contribution in [0.2, 0.25) is 0 Å². The molecule has 0 aromatic carbocycles.